The average Bonchev–Trinajstić information content (AvgIpc) is 1.88. The summed E-state index contributed by atoms with van der Waals surface area (Å²) < 4.78 is 12.0. The molecule has 0 aromatic rings. The number of rotatable bonds is 1. The van der Waals surface area contributed by atoms with E-state index in [9.17, 15) is 4.39 Å². The standard InChI is InChI=1S/C6H13FN2.ClH/c1-9-3-2-8-6(4-7)5-9;/h6,8H,2-5H2,1H3;1H. The Morgan fingerprint density at radius 3 is 2.80 bits per heavy atom. The molecule has 0 bridgehead atoms. The highest BCUT2D eigenvalue weighted by molar-refractivity contribution is 5.85. The van der Waals surface area contributed by atoms with Gasteiger partial charge in [0.1, 0.15) is 6.67 Å². The van der Waals surface area contributed by atoms with Gasteiger partial charge in [-0.2, -0.15) is 0 Å². The molecule has 1 aliphatic rings. The number of nitrogens with one attached hydrogen (secondary N) is 1. The zero-order valence-corrected chi connectivity index (χ0v) is 6.96. The summed E-state index contributed by atoms with van der Waals surface area (Å²) in [6.07, 6.45) is 0. The van der Waals surface area contributed by atoms with Crippen LogP contribution in [0.4, 0.5) is 4.39 Å². The number of nitrogens with zero attached hydrogens (tertiary/aromatic N) is 1. The van der Waals surface area contributed by atoms with Gasteiger partial charge in [-0.15, -0.1) is 12.4 Å². The van der Waals surface area contributed by atoms with E-state index in [0.29, 0.717) is 0 Å². The van der Waals surface area contributed by atoms with Gasteiger partial charge < -0.3 is 10.2 Å². The first-order valence-electron chi connectivity index (χ1n) is 3.31. The van der Waals surface area contributed by atoms with Crippen LogP contribution < -0.4 is 5.32 Å². The van der Waals surface area contributed by atoms with Gasteiger partial charge in [-0.05, 0) is 7.05 Å². The van der Waals surface area contributed by atoms with Crippen LogP contribution in [0.3, 0.4) is 0 Å². The molecule has 10 heavy (non-hydrogen) atoms. The molecule has 1 N–H and O–H groups in total. The first kappa shape index (κ1) is 10.1. The van der Waals surface area contributed by atoms with Gasteiger partial charge in [0.25, 0.3) is 0 Å². The van der Waals surface area contributed by atoms with Crippen molar-refractivity contribution in [1.82, 2.24) is 10.2 Å². The van der Waals surface area contributed by atoms with E-state index in [1.165, 1.54) is 0 Å². The van der Waals surface area contributed by atoms with E-state index in [1.54, 1.807) is 0 Å². The fraction of sp³-hybridized carbons (Fsp3) is 1.00. The number of hydrogen-bond donors (Lipinski definition) is 1. The molecule has 1 rings (SSSR count). The van der Waals surface area contributed by atoms with Crippen LogP contribution in [0.2, 0.25) is 0 Å². The Morgan fingerprint density at radius 1 is 1.70 bits per heavy atom. The molecule has 0 aromatic heterocycles. The molecule has 0 spiro atoms. The van der Waals surface area contributed by atoms with Crippen molar-refractivity contribution in [2.45, 2.75) is 6.04 Å². The molecule has 1 unspecified atom stereocenters. The van der Waals surface area contributed by atoms with E-state index in [4.69, 9.17) is 0 Å². The van der Waals surface area contributed by atoms with Crippen LogP contribution in [-0.4, -0.2) is 44.3 Å². The third kappa shape index (κ3) is 2.82. The van der Waals surface area contributed by atoms with E-state index in [2.05, 4.69) is 10.2 Å². The van der Waals surface area contributed by atoms with Crippen LogP contribution in [0.15, 0.2) is 0 Å². The largest absolute Gasteiger partial charge is 0.309 e. The maximum atomic E-state index is 12.0. The molecule has 4 heteroatoms. The summed E-state index contributed by atoms with van der Waals surface area (Å²) in [6.45, 7) is 2.56. The van der Waals surface area contributed by atoms with Crippen molar-refractivity contribution in [3.05, 3.63) is 0 Å². The predicted molar refractivity (Wildman–Crippen MR) is 42.5 cm³/mol. The van der Waals surface area contributed by atoms with Crippen LogP contribution in [0.5, 0.6) is 0 Å². The topological polar surface area (TPSA) is 15.3 Å². The van der Waals surface area contributed by atoms with Crippen LogP contribution in [0, 0.1) is 0 Å². The van der Waals surface area contributed by atoms with Crippen LogP contribution in [-0.2, 0) is 0 Å². The summed E-state index contributed by atoms with van der Waals surface area (Å²) >= 11 is 0. The fourth-order valence-corrected chi connectivity index (χ4v) is 1.09. The number of halogens is 2. The number of likely N-dealkylation sites (N-methyl/N-ethyl adjacent to an activating group) is 1. The molecule has 1 fully saturated rings. The smallest absolute Gasteiger partial charge is 0.106 e. The van der Waals surface area contributed by atoms with Gasteiger partial charge in [0.05, 0.1) is 0 Å². The van der Waals surface area contributed by atoms with Crippen molar-refractivity contribution < 1.29 is 4.39 Å². The Kier molecular flexibility index (Phi) is 4.95. The van der Waals surface area contributed by atoms with Crippen LogP contribution in [0.1, 0.15) is 0 Å². The second-order valence-electron chi connectivity index (χ2n) is 2.57. The van der Waals surface area contributed by atoms with Crippen LogP contribution in [0.25, 0.3) is 0 Å². The molecule has 1 aliphatic heterocycles. The molecule has 2 nitrogen and oxygen atoms in total. The Balaban J connectivity index is 0.000000810. The molecule has 0 amide bonds. The number of alkyl halides is 1. The SMILES string of the molecule is CN1CCNC(CF)C1.Cl. The molecular weight excluding hydrogens is 155 g/mol. The molecule has 1 saturated heterocycles. The minimum atomic E-state index is -0.246. The lowest BCUT2D eigenvalue weighted by molar-refractivity contribution is 0.213. The van der Waals surface area contributed by atoms with E-state index < -0.39 is 0 Å². The Morgan fingerprint density at radius 2 is 2.40 bits per heavy atom. The van der Waals surface area contributed by atoms with Gasteiger partial charge in [-0.25, -0.2) is 4.39 Å². The summed E-state index contributed by atoms with van der Waals surface area (Å²) in [6, 6.07) is 0.0729. The lowest BCUT2D eigenvalue weighted by Crippen LogP contribution is -2.49. The summed E-state index contributed by atoms with van der Waals surface area (Å²) in [5, 5.41) is 3.08. The summed E-state index contributed by atoms with van der Waals surface area (Å²) in [4.78, 5) is 2.14. The van der Waals surface area contributed by atoms with Crippen molar-refractivity contribution in [3.63, 3.8) is 0 Å². The van der Waals surface area contributed by atoms with E-state index >= 15 is 0 Å². The minimum Gasteiger partial charge on any atom is -0.309 e. The van der Waals surface area contributed by atoms with Crippen molar-refractivity contribution in [1.29, 1.82) is 0 Å². The Bertz CT molecular complexity index is 91.8. The monoisotopic (exact) mass is 168 g/mol. The van der Waals surface area contributed by atoms with Gasteiger partial charge >= 0.3 is 0 Å². The first-order valence-corrected chi connectivity index (χ1v) is 3.31. The highest BCUT2D eigenvalue weighted by atomic mass is 35.5. The highest BCUT2D eigenvalue weighted by Crippen LogP contribution is 1.95. The first-order chi connectivity index (χ1) is 4.33. The van der Waals surface area contributed by atoms with Crippen molar-refractivity contribution in [3.8, 4) is 0 Å². The normalized spacial score (nSPS) is 27.6. The zero-order chi connectivity index (χ0) is 6.69. The minimum absolute atomic E-state index is 0. The fourth-order valence-electron chi connectivity index (χ4n) is 1.09. The lowest BCUT2D eigenvalue weighted by atomic mass is 10.2. The van der Waals surface area contributed by atoms with Crippen LogP contribution >= 0.6 is 12.4 Å². The number of hydrogen-bond acceptors (Lipinski definition) is 2. The summed E-state index contributed by atoms with van der Waals surface area (Å²) in [7, 11) is 2.02. The molecule has 1 atom stereocenters. The molecular formula is C6H14ClFN2. The molecule has 0 saturated carbocycles. The van der Waals surface area contributed by atoms with E-state index in [0.717, 1.165) is 19.6 Å². The highest BCUT2D eigenvalue weighted by Gasteiger charge is 2.14. The van der Waals surface area contributed by atoms with Gasteiger partial charge in [0.2, 0.25) is 0 Å². The van der Waals surface area contributed by atoms with Gasteiger partial charge in [0.15, 0.2) is 0 Å². The van der Waals surface area contributed by atoms with Crippen molar-refractivity contribution >= 4 is 12.4 Å². The van der Waals surface area contributed by atoms with Gasteiger partial charge in [-0.1, -0.05) is 0 Å². The summed E-state index contributed by atoms with van der Waals surface area (Å²) in [5.74, 6) is 0. The lowest BCUT2D eigenvalue weighted by Gasteiger charge is -2.28. The number of piperazine rings is 1. The summed E-state index contributed by atoms with van der Waals surface area (Å²) in [5.41, 5.74) is 0. The quantitative estimate of drug-likeness (QED) is 0.605. The maximum Gasteiger partial charge on any atom is 0.106 e. The molecule has 0 radical (unpaired) electrons. The molecule has 0 aromatic carbocycles. The second-order valence-corrected chi connectivity index (χ2v) is 2.57. The van der Waals surface area contributed by atoms with E-state index in [-0.39, 0.29) is 25.1 Å². The second kappa shape index (κ2) is 4.88. The van der Waals surface area contributed by atoms with Crippen molar-refractivity contribution in [2.24, 2.45) is 0 Å². The van der Waals surface area contributed by atoms with Gasteiger partial charge in [0, 0.05) is 25.7 Å². The van der Waals surface area contributed by atoms with E-state index in [1.807, 2.05) is 7.05 Å². The Labute approximate surface area is 67.2 Å². The predicted octanol–water partition coefficient (Wildman–Crippen LogP) is 0.281. The third-order valence-electron chi connectivity index (χ3n) is 1.64. The van der Waals surface area contributed by atoms with Gasteiger partial charge in [-0.3, -0.25) is 0 Å². The molecule has 1 heterocycles. The maximum absolute atomic E-state index is 12.0. The molecule has 62 valence electrons. The zero-order valence-electron chi connectivity index (χ0n) is 6.14. The van der Waals surface area contributed by atoms with Crippen molar-refractivity contribution in [2.75, 3.05) is 33.4 Å². The third-order valence-corrected chi connectivity index (χ3v) is 1.64. The average molecular weight is 169 g/mol. The molecule has 0 aliphatic carbocycles. The Hall–Kier alpha value is 0.140.